The van der Waals surface area contributed by atoms with E-state index >= 15 is 0 Å². The Morgan fingerprint density at radius 3 is 1.95 bits per heavy atom. The molecule has 0 aliphatic carbocycles. The van der Waals surface area contributed by atoms with Crippen molar-refractivity contribution in [3.8, 4) is 0 Å². The summed E-state index contributed by atoms with van der Waals surface area (Å²) in [6.45, 7) is 0. The third-order valence-corrected chi connectivity index (χ3v) is 3.45. The van der Waals surface area contributed by atoms with Crippen molar-refractivity contribution in [2.24, 2.45) is 0 Å². The van der Waals surface area contributed by atoms with Gasteiger partial charge in [-0.2, -0.15) is 0 Å². The summed E-state index contributed by atoms with van der Waals surface area (Å²) < 4.78 is 0. The van der Waals surface area contributed by atoms with Gasteiger partial charge in [-0.3, -0.25) is 4.79 Å². The zero-order chi connectivity index (χ0) is 13.7. The molecule has 1 nitrogen and oxygen atoms in total. The first-order valence-electron chi connectivity index (χ1n) is 6.18. The molecular weight excluding hydrogens is 279 g/mol. The minimum Gasteiger partial charge on any atom is -0.294 e. The Bertz CT molecular complexity index is 544. The minimum absolute atomic E-state index is 0.158. The van der Waals surface area contributed by atoms with Gasteiger partial charge in [0, 0.05) is 22.0 Å². The van der Waals surface area contributed by atoms with Crippen LogP contribution in [0.4, 0.5) is 0 Å². The number of hydrogen-bond acceptors (Lipinski definition) is 1. The summed E-state index contributed by atoms with van der Waals surface area (Å²) >= 11 is 11.6. The topological polar surface area (TPSA) is 17.1 Å². The molecule has 2 rings (SSSR count). The van der Waals surface area contributed by atoms with Crippen molar-refractivity contribution in [3.63, 3.8) is 0 Å². The van der Waals surface area contributed by atoms with Crippen molar-refractivity contribution in [2.45, 2.75) is 19.3 Å². The molecule has 2 aromatic carbocycles. The van der Waals surface area contributed by atoms with Crippen molar-refractivity contribution in [2.75, 3.05) is 0 Å². The maximum atomic E-state index is 11.9. The molecule has 0 unspecified atom stereocenters. The van der Waals surface area contributed by atoms with Crippen molar-refractivity contribution < 1.29 is 4.79 Å². The summed E-state index contributed by atoms with van der Waals surface area (Å²) in [4.78, 5) is 11.9. The average Bonchev–Trinajstić information content (AvgIpc) is 2.41. The van der Waals surface area contributed by atoms with Crippen LogP contribution in [-0.2, 0) is 6.42 Å². The number of Topliss-reactive ketones (excluding diaryl/α,β-unsaturated/α-hetero) is 1. The minimum atomic E-state index is 0.158. The van der Waals surface area contributed by atoms with Crippen LogP contribution in [0.2, 0.25) is 10.0 Å². The fourth-order valence-electron chi connectivity index (χ4n) is 1.88. The number of rotatable bonds is 5. The van der Waals surface area contributed by atoms with Gasteiger partial charge in [0.15, 0.2) is 5.78 Å². The second kappa shape index (κ2) is 6.74. The highest BCUT2D eigenvalue weighted by Gasteiger charge is 2.05. The van der Waals surface area contributed by atoms with Crippen molar-refractivity contribution in [1.82, 2.24) is 0 Å². The molecule has 0 heterocycles. The van der Waals surface area contributed by atoms with Gasteiger partial charge in [0.25, 0.3) is 0 Å². The highest BCUT2D eigenvalue weighted by Crippen LogP contribution is 2.14. The molecule has 0 saturated carbocycles. The summed E-state index contributed by atoms with van der Waals surface area (Å²) in [6, 6.07) is 14.8. The van der Waals surface area contributed by atoms with Crippen molar-refractivity contribution >= 4 is 29.0 Å². The highest BCUT2D eigenvalue weighted by atomic mass is 35.5. The Kier molecular flexibility index (Phi) is 5.00. The molecule has 3 heteroatoms. The number of ketones is 1. The number of carbonyl (C=O) groups is 1. The Hall–Kier alpha value is -1.31. The van der Waals surface area contributed by atoms with Gasteiger partial charge in [-0.05, 0) is 54.8 Å². The van der Waals surface area contributed by atoms with Crippen LogP contribution in [0.25, 0.3) is 0 Å². The Labute approximate surface area is 123 Å². The van der Waals surface area contributed by atoms with E-state index in [9.17, 15) is 4.79 Å². The van der Waals surface area contributed by atoms with Crippen LogP contribution < -0.4 is 0 Å². The Morgan fingerprint density at radius 2 is 1.37 bits per heavy atom. The van der Waals surface area contributed by atoms with Gasteiger partial charge in [-0.25, -0.2) is 0 Å². The van der Waals surface area contributed by atoms with E-state index in [0.29, 0.717) is 11.4 Å². The molecule has 0 saturated heterocycles. The predicted molar refractivity (Wildman–Crippen MR) is 80.2 cm³/mol. The maximum absolute atomic E-state index is 11.9. The van der Waals surface area contributed by atoms with Crippen LogP contribution in [0, 0.1) is 0 Å². The lowest BCUT2D eigenvalue weighted by atomic mass is 10.0. The Morgan fingerprint density at radius 1 is 0.842 bits per heavy atom. The fraction of sp³-hybridized carbons (Fsp3) is 0.188. The molecule has 0 N–H and O–H groups in total. The quantitative estimate of drug-likeness (QED) is 0.692. The molecule has 0 radical (unpaired) electrons. The van der Waals surface area contributed by atoms with E-state index in [1.54, 1.807) is 24.3 Å². The highest BCUT2D eigenvalue weighted by molar-refractivity contribution is 6.30. The van der Waals surface area contributed by atoms with Crippen LogP contribution >= 0.6 is 23.2 Å². The van der Waals surface area contributed by atoms with Gasteiger partial charge in [0.1, 0.15) is 0 Å². The van der Waals surface area contributed by atoms with E-state index in [1.807, 2.05) is 24.3 Å². The molecule has 0 fully saturated rings. The molecule has 0 aliphatic heterocycles. The SMILES string of the molecule is O=C(CCCc1ccc(Cl)cc1)c1ccc(Cl)cc1. The predicted octanol–water partition coefficient (Wildman–Crippen LogP) is 5.20. The van der Waals surface area contributed by atoms with Crippen molar-refractivity contribution in [3.05, 3.63) is 69.7 Å². The summed E-state index contributed by atoms with van der Waals surface area (Å²) in [7, 11) is 0. The lowest BCUT2D eigenvalue weighted by Gasteiger charge is -2.02. The third-order valence-electron chi connectivity index (χ3n) is 2.95. The van der Waals surface area contributed by atoms with E-state index in [4.69, 9.17) is 23.2 Å². The monoisotopic (exact) mass is 292 g/mol. The molecule has 19 heavy (non-hydrogen) atoms. The molecule has 0 bridgehead atoms. The zero-order valence-electron chi connectivity index (χ0n) is 10.4. The number of benzene rings is 2. The third kappa shape index (κ3) is 4.38. The van der Waals surface area contributed by atoms with Crippen LogP contribution in [0.15, 0.2) is 48.5 Å². The molecule has 0 aromatic heterocycles. The number of hydrogen-bond donors (Lipinski definition) is 0. The van der Waals surface area contributed by atoms with Crippen molar-refractivity contribution in [1.29, 1.82) is 0 Å². The first-order chi connectivity index (χ1) is 9.15. The van der Waals surface area contributed by atoms with Crippen LogP contribution in [0.5, 0.6) is 0 Å². The fourth-order valence-corrected chi connectivity index (χ4v) is 2.14. The molecule has 98 valence electrons. The summed E-state index contributed by atoms with van der Waals surface area (Å²) in [5, 5.41) is 1.39. The number of carbonyl (C=O) groups excluding carboxylic acids is 1. The van der Waals surface area contributed by atoms with E-state index in [0.717, 1.165) is 23.4 Å². The Balaban J connectivity index is 1.84. The second-order valence-corrected chi connectivity index (χ2v) is 5.28. The van der Waals surface area contributed by atoms with Gasteiger partial charge < -0.3 is 0 Å². The van der Waals surface area contributed by atoms with Crippen LogP contribution in [-0.4, -0.2) is 5.78 Å². The lowest BCUT2D eigenvalue weighted by molar-refractivity contribution is 0.0980. The van der Waals surface area contributed by atoms with Gasteiger partial charge in [0.2, 0.25) is 0 Å². The zero-order valence-corrected chi connectivity index (χ0v) is 11.9. The molecular formula is C16H14Cl2O. The summed E-state index contributed by atoms with van der Waals surface area (Å²) in [5.41, 5.74) is 1.92. The number of halogens is 2. The van der Waals surface area contributed by atoms with Gasteiger partial charge in [-0.15, -0.1) is 0 Å². The maximum Gasteiger partial charge on any atom is 0.162 e. The normalized spacial score (nSPS) is 10.4. The molecule has 2 aromatic rings. The average molecular weight is 293 g/mol. The van der Waals surface area contributed by atoms with Gasteiger partial charge >= 0.3 is 0 Å². The second-order valence-electron chi connectivity index (χ2n) is 4.41. The van der Waals surface area contributed by atoms with Gasteiger partial charge in [-0.1, -0.05) is 35.3 Å². The molecule has 0 aliphatic rings. The van der Waals surface area contributed by atoms with E-state index in [2.05, 4.69) is 0 Å². The molecule has 0 amide bonds. The largest absolute Gasteiger partial charge is 0.294 e. The van der Waals surface area contributed by atoms with E-state index in [1.165, 1.54) is 5.56 Å². The molecule has 0 atom stereocenters. The lowest BCUT2D eigenvalue weighted by Crippen LogP contribution is -1.99. The first kappa shape index (κ1) is 14.1. The van der Waals surface area contributed by atoms with Gasteiger partial charge in [0.05, 0.1) is 0 Å². The smallest absolute Gasteiger partial charge is 0.162 e. The number of aryl methyl sites for hydroxylation is 1. The van der Waals surface area contributed by atoms with Crippen LogP contribution in [0.3, 0.4) is 0 Å². The summed E-state index contributed by atoms with van der Waals surface area (Å²) in [5.74, 6) is 0.158. The molecule has 0 spiro atoms. The standard InChI is InChI=1S/C16H14Cl2O/c17-14-8-4-12(5-9-14)2-1-3-16(19)13-6-10-15(18)11-7-13/h4-11H,1-3H2. The van der Waals surface area contributed by atoms with Crippen LogP contribution in [0.1, 0.15) is 28.8 Å². The first-order valence-corrected chi connectivity index (χ1v) is 6.94. The summed E-state index contributed by atoms with van der Waals surface area (Å²) in [6.07, 6.45) is 2.27. The van der Waals surface area contributed by atoms with E-state index in [-0.39, 0.29) is 5.78 Å². The van der Waals surface area contributed by atoms with E-state index < -0.39 is 0 Å².